The molecule has 1 aromatic carbocycles. The van der Waals surface area contributed by atoms with E-state index < -0.39 is 5.60 Å². The van der Waals surface area contributed by atoms with Crippen molar-refractivity contribution in [1.82, 2.24) is 10.6 Å². The predicted octanol–water partition coefficient (Wildman–Crippen LogP) is 3.70. The van der Waals surface area contributed by atoms with Crippen LogP contribution in [0, 0.1) is 13.8 Å². The van der Waals surface area contributed by atoms with Crippen molar-refractivity contribution in [3.8, 4) is 0 Å². The average Bonchev–Trinajstić information content (AvgIpc) is 2.38. The standard InChI is InChI=1S/C18H30N2O2/c1-7-16(12-20-17(21)22-18(4,5)6)19-11-15-9-8-13(2)10-14(15)3/h8-10,16,19H,7,11-12H2,1-6H3,(H,20,21). The monoisotopic (exact) mass is 306 g/mol. The van der Waals surface area contributed by atoms with Crippen molar-refractivity contribution in [2.24, 2.45) is 0 Å². The minimum absolute atomic E-state index is 0.230. The van der Waals surface area contributed by atoms with Crippen LogP contribution in [0.1, 0.15) is 50.8 Å². The Morgan fingerprint density at radius 3 is 2.50 bits per heavy atom. The Hall–Kier alpha value is -1.55. The summed E-state index contributed by atoms with van der Waals surface area (Å²) >= 11 is 0. The molecule has 1 aromatic rings. The summed E-state index contributed by atoms with van der Waals surface area (Å²) in [5, 5.41) is 6.32. The van der Waals surface area contributed by atoms with Crippen molar-refractivity contribution in [2.45, 2.75) is 66.2 Å². The van der Waals surface area contributed by atoms with E-state index in [2.05, 4.69) is 49.6 Å². The Morgan fingerprint density at radius 2 is 1.95 bits per heavy atom. The van der Waals surface area contributed by atoms with Crippen molar-refractivity contribution in [3.05, 3.63) is 34.9 Å². The lowest BCUT2D eigenvalue weighted by atomic mass is 10.1. The van der Waals surface area contributed by atoms with Crippen LogP contribution in [-0.2, 0) is 11.3 Å². The first kappa shape index (κ1) is 18.5. The van der Waals surface area contributed by atoms with E-state index in [-0.39, 0.29) is 12.1 Å². The van der Waals surface area contributed by atoms with Crippen LogP contribution in [0.2, 0.25) is 0 Å². The maximum absolute atomic E-state index is 11.7. The van der Waals surface area contributed by atoms with Gasteiger partial charge in [-0.2, -0.15) is 0 Å². The summed E-state index contributed by atoms with van der Waals surface area (Å²) in [7, 11) is 0. The number of benzene rings is 1. The Balaban J connectivity index is 2.43. The summed E-state index contributed by atoms with van der Waals surface area (Å²) in [5.74, 6) is 0. The number of hydrogen-bond donors (Lipinski definition) is 2. The summed E-state index contributed by atoms with van der Waals surface area (Å²) in [6.07, 6.45) is 0.583. The van der Waals surface area contributed by atoms with Crippen molar-refractivity contribution in [1.29, 1.82) is 0 Å². The molecule has 4 nitrogen and oxygen atoms in total. The summed E-state index contributed by atoms with van der Waals surface area (Å²) in [6.45, 7) is 13.3. The molecule has 0 saturated heterocycles. The number of amides is 1. The Bertz CT molecular complexity index is 492. The van der Waals surface area contributed by atoms with Crippen LogP contribution < -0.4 is 10.6 Å². The van der Waals surface area contributed by atoms with Crippen LogP contribution in [0.5, 0.6) is 0 Å². The first-order valence-corrected chi connectivity index (χ1v) is 7.97. The third-order valence-corrected chi connectivity index (χ3v) is 3.46. The minimum atomic E-state index is -0.460. The fourth-order valence-electron chi connectivity index (χ4n) is 2.18. The van der Waals surface area contributed by atoms with Crippen LogP contribution in [0.4, 0.5) is 4.79 Å². The van der Waals surface area contributed by atoms with Gasteiger partial charge in [0, 0.05) is 19.1 Å². The van der Waals surface area contributed by atoms with E-state index in [1.807, 2.05) is 20.8 Å². The quantitative estimate of drug-likeness (QED) is 0.842. The molecule has 0 radical (unpaired) electrons. The SMILES string of the molecule is CCC(CNC(=O)OC(C)(C)C)NCc1ccc(C)cc1C. The fraction of sp³-hybridized carbons (Fsp3) is 0.611. The van der Waals surface area contributed by atoms with Gasteiger partial charge in [0.15, 0.2) is 0 Å². The third kappa shape index (κ3) is 6.94. The van der Waals surface area contributed by atoms with E-state index in [4.69, 9.17) is 4.74 Å². The Kier molecular flexibility index (Phi) is 6.88. The van der Waals surface area contributed by atoms with Gasteiger partial charge in [-0.15, -0.1) is 0 Å². The summed E-state index contributed by atoms with van der Waals surface area (Å²) < 4.78 is 5.25. The van der Waals surface area contributed by atoms with E-state index in [0.29, 0.717) is 6.54 Å². The van der Waals surface area contributed by atoms with Gasteiger partial charge in [0.1, 0.15) is 5.60 Å². The number of hydrogen-bond acceptors (Lipinski definition) is 3. The molecule has 0 spiro atoms. The predicted molar refractivity (Wildman–Crippen MR) is 91.1 cm³/mol. The lowest BCUT2D eigenvalue weighted by molar-refractivity contribution is 0.0522. The number of aryl methyl sites for hydroxylation is 2. The second-order valence-electron chi connectivity index (χ2n) is 6.80. The van der Waals surface area contributed by atoms with Crippen LogP contribution in [-0.4, -0.2) is 24.3 Å². The molecule has 4 heteroatoms. The van der Waals surface area contributed by atoms with Crippen LogP contribution in [0.25, 0.3) is 0 Å². The van der Waals surface area contributed by atoms with Gasteiger partial charge >= 0.3 is 6.09 Å². The first-order chi connectivity index (χ1) is 10.2. The second kappa shape index (κ2) is 8.18. The van der Waals surface area contributed by atoms with Crippen molar-refractivity contribution >= 4 is 6.09 Å². The average molecular weight is 306 g/mol. The molecule has 0 heterocycles. The van der Waals surface area contributed by atoms with E-state index in [1.54, 1.807) is 0 Å². The lowest BCUT2D eigenvalue weighted by Gasteiger charge is -2.22. The normalized spacial score (nSPS) is 12.8. The van der Waals surface area contributed by atoms with Gasteiger partial charge in [-0.05, 0) is 52.2 Å². The van der Waals surface area contributed by atoms with Gasteiger partial charge in [-0.3, -0.25) is 0 Å². The van der Waals surface area contributed by atoms with Gasteiger partial charge in [-0.25, -0.2) is 4.79 Å². The number of rotatable bonds is 6. The zero-order valence-corrected chi connectivity index (χ0v) is 14.7. The molecule has 0 aliphatic heterocycles. The molecular weight excluding hydrogens is 276 g/mol. The summed E-state index contributed by atoms with van der Waals surface area (Å²) in [4.78, 5) is 11.7. The number of carbonyl (C=O) groups excluding carboxylic acids is 1. The van der Waals surface area contributed by atoms with Gasteiger partial charge in [0.2, 0.25) is 0 Å². The molecule has 0 aliphatic carbocycles. The lowest BCUT2D eigenvalue weighted by Crippen LogP contribution is -2.42. The zero-order chi connectivity index (χ0) is 16.8. The van der Waals surface area contributed by atoms with E-state index in [0.717, 1.165) is 13.0 Å². The van der Waals surface area contributed by atoms with Gasteiger partial charge < -0.3 is 15.4 Å². The highest BCUT2D eigenvalue weighted by Gasteiger charge is 2.17. The second-order valence-corrected chi connectivity index (χ2v) is 6.80. The van der Waals surface area contributed by atoms with Crippen LogP contribution in [0.15, 0.2) is 18.2 Å². The highest BCUT2D eigenvalue weighted by Crippen LogP contribution is 2.11. The number of nitrogens with one attached hydrogen (secondary N) is 2. The van der Waals surface area contributed by atoms with E-state index in [1.165, 1.54) is 16.7 Å². The molecule has 0 fully saturated rings. The summed E-state index contributed by atoms with van der Waals surface area (Å²) in [6, 6.07) is 6.71. The molecule has 0 aliphatic rings. The van der Waals surface area contributed by atoms with Crippen LogP contribution >= 0.6 is 0 Å². The molecular formula is C18H30N2O2. The number of ether oxygens (including phenoxy) is 1. The van der Waals surface area contributed by atoms with Crippen molar-refractivity contribution in [2.75, 3.05) is 6.54 Å². The highest BCUT2D eigenvalue weighted by molar-refractivity contribution is 5.67. The molecule has 2 N–H and O–H groups in total. The largest absolute Gasteiger partial charge is 0.444 e. The van der Waals surface area contributed by atoms with E-state index >= 15 is 0 Å². The summed E-state index contributed by atoms with van der Waals surface area (Å²) in [5.41, 5.74) is 3.40. The minimum Gasteiger partial charge on any atom is -0.444 e. The Morgan fingerprint density at radius 1 is 1.27 bits per heavy atom. The van der Waals surface area contributed by atoms with Crippen molar-refractivity contribution < 1.29 is 9.53 Å². The zero-order valence-electron chi connectivity index (χ0n) is 14.7. The van der Waals surface area contributed by atoms with Gasteiger partial charge in [-0.1, -0.05) is 30.7 Å². The third-order valence-electron chi connectivity index (χ3n) is 3.46. The fourth-order valence-corrected chi connectivity index (χ4v) is 2.18. The molecule has 1 unspecified atom stereocenters. The molecule has 0 bridgehead atoms. The maximum atomic E-state index is 11.7. The number of carbonyl (C=O) groups is 1. The molecule has 22 heavy (non-hydrogen) atoms. The highest BCUT2D eigenvalue weighted by atomic mass is 16.6. The van der Waals surface area contributed by atoms with Gasteiger partial charge in [0.25, 0.3) is 0 Å². The first-order valence-electron chi connectivity index (χ1n) is 7.97. The topological polar surface area (TPSA) is 50.4 Å². The molecule has 1 amide bonds. The molecule has 0 aromatic heterocycles. The molecule has 1 rings (SSSR count). The molecule has 1 atom stereocenters. The molecule has 0 saturated carbocycles. The number of alkyl carbamates (subject to hydrolysis) is 1. The van der Waals surface area contributed by atoms with Crippen molar-refractivity contribution in [3.63, 3.8) is 0 Å². The van der Waals surface area contributed by atoms with Crippen LogP contribution in [0.3, 0.4) is 0 Å². The maximum Gasteiger partial charge on any atom is 0.407 e. The molecule has 124 valence electrons. The Labute approximate surface area is 134 Å². The smallest absolute Gasteiger partial charge is 0.407 e. The van der Waals surface area contributed by atoms with Gasteiger partial charge in [0.05, 0.1) is 0 Å². The van der Waals surface area contributed by atoms with E-state index in [9.17, 15) is 4.79 Å².